The zero-order chi connectivity index (χ0) is 25.5. The SMILES string of the molecule is O=C(NC[C@@H]1CCCO1)c1ccc(Nc2c(Oc3ccccc3)cnn(Cc3ccccc3)c2=O)cc1. The second-order valence-electron chi connectivity index (χ2n) is 8.79. The fourth-order valence-electron chi connectivity index (χ4n) is 4.11. The Labute approximate surface area is 214 Å². The highest BCUT2D eigenvalue weighted by Crippen LogP contribution is 2.28. The Morgan fingerprint density at radius 2 is 1.73 bits per heavy atom. The molecule has 1 aromatic heterocycles. The first-order chi connectivity index (χ1) is 18.2. The van der Waals surface area contributed by atoms with Crippen LogP contribution in [0.5, 0.6) is 11.5 Å². The van der Waals surface area contributed by atoms with Crippen LogP contribution < -0.4 is 20.9 Å². The highest BCUT2D eigenvalue weighted by Gasteiger charge is 2.17. The Balaban J connectivity index is 1.37. The zero-order valence-electron chi connectivity index (χ0n) is 20.3. The molecule has 1 amide bonds. The lowest BCUT2D eigenvalue weighted by molar-refractivity contribution is 0.0858. The quantitative estimate of drug-likeness (QED) is 0.348. The lowest BCUT2D eigenvalue weighted by Crippen LogP contribution is -2.31. The third-order valence-electron chi connectivity index (χ3n) is 6.09. The third kappa shape index (κ3) is 6.23. The molecular formula is C29H28N4O4. The van der Waals surface area contributed by atoms with E-state index in [4.69, 9.17) is 9.47 Å². The lowest BCUT2D eigenvalue weighted by Gasteiger charge is -2.15. The average molecular weight is 497 g/mol. The van der Waals surface area contributed by atoms with Gasteiger partial charge in [0.2, 0.25) is 0 Å². The molecular weight excluding hydrogens is 468 g/mol. The molecule has 3 aromatic carbocycles. The summed E-state index contributed by atoms with van der Waals surface area (Å²) in [6.07, 6.45) is 3.60. The van der Waals surface area contributed by atoms with Gasteiger partial charge in [-0.15, -0.1) is 0 Å². The van der Waals surface area contributed by atoms with Crippen LogP contribution in [-0.4, -0.2) is 34.9 Å². The van der Waals surface area contributed by atoms with E-state index in [2.05, 4.69) is 15.7 Å². The molecule has 0 saturated carbocycles. The second-order valence-corrected chi connectivity index (χ2v) is 8.79. The van der Waals surface area contributed by atoms with Crippen molar-refractivity contribution < 1.29 is 14.3 Å². The largest absolute Gasteiger partial charge is 0.453 e. The number of amides is 1. The maximum atomic E-state index is 13.5. The summed E-state index contributed by atoms with van der Waals surface area (Å²) in [4.78, 5) is 26.0. The summed E-state index contributed by atoms with van der Waals surface area (Å²) in [5.74, 6) is 0.731. The van der Waals surface area contributed by atoms with E-state index in [9.17, 15) is 9.59 Å². The number of para-hydroxylation sites is 1. The van der Waals surface area contributed by atoms with Gasteiger partial charge >= 0.3 is 0 Å². The van der Waals surface area contributed by atoms with Crippen LogP contribution in [-0.2, 0) is 11.3 Å². The van der Waals surface area contributed by atoms with E-state index in [1.807, 2.05) is 60.7 Å². The van der Waals surface area contributed by atoms with Crippen molar-refractivity contribution in [1.82, 2.24) is 15.1 Å². The van der Waals surface area contributed by atoms with E-state index in [0.717, 1.165) is 25.0 Å². The maximum Gasteiger partial charge on any atom is 0.294 e. The van der Waals surface area contributed by atoms with Crippen molar-refractivity contribution >= 4 is 17.3 Å². The predicted molar refractivity (Wildman–Crippen MR) is 142 cm³/mol. The molecule has 1 aliphatic heterocycles. The minimum atomic E-state index is -0.323. The first-order valence-corrected chi connectivity index (χ1v) is 12.3. The van der Waals surface area contributed by atoms with Crippen LogP contribution in [0.1, 0.15) is 28.8 Å². The summed E-state index contributed by atoms with van der Waals surface area (Å²) < 4.78 is 13.0. The number of carbonyl (C=O) groups is 1. The van der Waals surface area contributed by atoms with Gasteiger partial charge < -0.3 is 20.1 Å². The molecule has 0 bridgehead atoms. The number of nitrogens with zero attached hydrogens (tertiary/aromatic N) is 2. The summed E-state index contributed by atoms with van der Waals surface area (Å²) >= 11 is 0. The van der Waals surface area contributed by atoms with Gasteiger partial charge in [-0.05, 0) is 54.8 Å². The van der Waals surface area contributed by atoms with Gasteiger partial charge in [0.05, 0.1) is 18.8 Å². The van der Waals surface area contributed by atoms with E-state index >= 15 is 0 Å². The molecule has 4 aromatic rings. The molecule has 0 aliphatic carbocycles. The Hall–Kier alpha value is -4.43. The van der Waals surface area contributed by atoms with Crippen molar-refractivity contribution in [3.05, 3.63) is 113 Å². The number of ether oxygens (including phenoxy) is 2. The average Bonchev–Trinajstić information content (AvgIpc) is 3.46. The van der Waals surface area contributed by atoms with Gasteiger partial charge in [-0.1, -0.05) is 48.5 Å². The molecule has 1 aliphatic rings. The second kappa shape index (κ2) is 11.5. The molecule has 37 heavy (non-hydrogen) atoms. The van der Waals surface area contributed by atoms with E-state index in [1.54, 1.807) is 24.3 Å². The van der Waals surface area contributed by atoms with Crippen LogP contribution in [0.2, 0.25) is 0 Å². The van der Waals surface area contributed by atoms with Crippen LogP contribution in [0, 0.1) is 0 Å². The molecule has 8 heteroatoms. The van der Waals surface area contributed by atoms with Crippen molar-refractivity contribution in [1.29, 1.82) is 0 Å². The standard InChI is InChI=1S/C29H28N4O4/c34-28(30-18-25-12-7-17-36-25)22-13-15-23(16-14-22)32-27-26(37-24-10-5-2-6-11-24)19-31-33(29(27)35)20-21-8-3-1-4-9-21/h1-6,8-11,13-16,19,25,32H,7,12,17-18,20H2,(H,30,34)/t25-/m0/s1. The Kier molecular flexibility index (Phi) is 7.57. The molecule has 0 spiro atoms. The van der Waals surface area contributed by atoms with Gasteiger partial charge in [-0.25, -0.2) is 4.68 Å². The number of aromatic nitrogens is 2. The van der Waals surface area contributed by atoms with Crippen molar-refractivity contribution in [2.75, 3.05) is 18.5 Å². The number of anilines is 2. The van der Waals surface area contributed by atoms with E-state index in [1.165, 1.54) is 10.9 Å². The first-order valence-electron chi connectivity index (χ1n) is 12.3. The molecule has 0 unspecified atom stereocenters. The van der Waals surface area contributed by atoms with Crippen molar-refractivity contribution in [2.45, 2.75) is 25.5 Å². The van der Waals surface area contributed by atoms with E-state index < -0.39 is 0 Å². The van der Waals surface area contributed by atoms with Gasteiger partial charge in [0.25, 0.3) is 11.5 Å². The van der Waals surface area contributed by atoms with Gasteiger partial charge in [0, 0.05) is 24.4 Å². The molecule has 1 fully saturated rings. The van der Waals surface area contributed by atoms with Crippen molar-refractivity contribution in [3.63, 3.8) is 0 Å². The monoisotopic (exact) mass is 496 g/mol. The van der Waals surface area contributed by atoms with E-state index in [0.29, 0.717) is 35.8 Å². The minimum Gasteiger partial charge on any atom is -0.453 e. The van der Waals surface area contributed by atoms with Crippen molar-refractivity contribution in [3.8, 4) is 11.5 Å². The summed E-state index contributed by atoms with van der Waals surface area (Å²) in [5, 5.41) is 10.4. The Morgan fingerprint density at radius 1 is 1.00 bits per heavy atom. The van der Waals surface area contributed by atoms with E-state index in [-0.39, 0.29) is 23.3 Å². The fourth-order valence-corrected chi connectivity index (χ4v) is 4.11. The summed E-state index contributed by atoms with van der Waals surface area (Å²) in [5.41, 5.74) is 2.06. The predicted octanol–water partition coefficient (Wildman–Crippen LogP) is 4.74. The van der Waals surface area contributed by atoms with Crippen LogP contribution >= 0.6 is 0 Å². The van der Waals surface area contributed by atoms with Gasteiger partial charge in [-0.2, -0.15) is 5.10 Å². The Morgan fingerprint density at radius 3 is 2.43 bits per heavy atom. The smallest absolute Gasteiger partial charge is 0.294 e. The van der Waals surface area contributed by atoms with Crippen molar-refractivity contribution in [2.24, 2.45) is 0 Å². The third-order valence-corrected chi connectivity index (χ3v) is 6.09. The molecule has 2 N–H and O–H groups in total. The number of carbonyl (C=O) groups excluding carboxylic acids is 1. The highest BCUT2D eigenvalue weighted by molar-refractivity contribution is 5.94. The summed E-state index contributed by atoms with van der Waals surface area (Å²) in [6.45, 7) is 1.57. The number of hydrogen-bond donors (Lipinski definition) is 2. The van der Waals surface area contributed by atoms with Gasteiger partial charge in [0.1, 0.15) is 5.75 Å². The number of benzene rings is 3. The lowest BCUT2D eigenvalue weighted by atomic mass is 10.1. The molecule has 188 valence electrons. The fraction of sp³-hybridized carbons (Fsp3) is 0.207. The zero-order valence-corrected chi connectivity index (χ0v) is 20.3. The molecule has 8 nitrogen and oxygen atoms in total. The summed E-state index contributed by atoms with van der Waals surface area (Å²) in [7, 11) is 0. The topological polar surface area (TPSA) is 94.5 Å². The van der Waals surface area contributed by atoms with Gasteiger partial charge in [0.15, 0.2) is 11.4 Å². The first kappa shape index (κ1) is 24.3. The number of hydrogen-bond acceptors (Lipinski definition) is 6. The summed E-state index contributed by atoms with van der Waals surface area (Å²) in [6, 6.07) is 25.8. The Bertz CT molecular complexity index is 1380. The normalized spacial score (nSPS) is 14.8. The molecule has 1 saturated heterocycles. The van der Waals surface area contributed by atoms with Crippen LogP contribution in [0.3, 0.4) is 0 Å². The van der Waals surface area contributed by atoms with Gasteiger partial charge in [-0.3, -0.25) is 9.59 Å². The molecule has 5 rings (SSSR count). The van der Waals surface area contributed by atoms with Crippen LogP contribution in [0.15, 0.2) is 95.9 Å². The number of nitrogens with one attached hydrogen (secondary N) is 2. The highest BCUT2D eigenvalue weighted by atomic mass is 16.5. The van der Waals surface area contributed by atoms with Crippen LogP contribution in [0.4, 0.5) is 11.4 Å². The molecule has 0 radical (unpaired) electrons. The van der Waals surface area contributed by atoms with Crippen LogP contribution in [0.25, 0.3) is 0 Å². The molecule has 1 atom stereocenters. The minimum absolute atomic E-state index is 0.0812. The molecule has 2 heterocycles. The maximum absolute atomic E-state index is 13.5. The number of rotatable bonds is 9.